The smallest absolute Gasteiger partial charge is 0.247 e. The summed E-state index contributed by atoms with van der Waals surface area (Å²) in [6.07, 6.45) is 7.70. The summed E-state index contributed by atoms with van der Waals surface area (Å²) in [5, 5.41) is 0. The number of carbonyl (C=O) groups excluding carboxylic acids is 1. The molecule has 5 aromatic rings. The van der Waals surface area contributed by atoms with Gasteiger partial charge in [0.15, 0.2) is 17.3 Å². The first-order valence-corrected chi connectivity index (χ1v) is 9.98. The maximum Gasteiger partial charge on any atom is 0.247 e. The number of pyridine rings is 1. The van der Waals surface area contributed by atoms with Crippen molar-refractivity contribution in [2.24, 2.45) is 0 Å². The molecule has 1 aromatic carbocycles. The number of benzene rings is 1. The topological polar surface area (TPSA) is 112 Å². The largest absolute Gasteiger partial charge is 0.443 e. The number of nitrogens with zero attached hydrogens (tertiary/aromatic N) is 5. The molecular weight excluding hydrogens is 430 g/mol. The number of imidazole rings is 1. The van der Waals surface area contributed by atoms with Gasteiger partial charge in [-0.05, 0) is 30.7 Å². The van der Waals surface area contributed by atoms with E-state index < -0.39 is 17.4 Å². The maximum absolute atomic E-state index is 14.0. The number of nitrogen functional groups attached to an aromatic ring is 1. The number of oxazole rings is 1. The molecule has 0 aliphatic rings. The molecule has 0 unspecified atom stereocenters. The van der Waals surface area contributed by atoms with Crippen LogP contribution in [0.3, 0.4) is 0 Å². The molecule has 4 aromatic heterocycles. The van der Waals surface area contributed by atoms with E-state index >= 15 is 0 Å². The van der Waals surface area contributed by atoms with Crippen LogP contribution in [-0.4, -0.2) is 30.1 Å². The van der Waals surface area contributed by atoms with E-state index in [0.717, 1.165) is 17.8 Å². The van der Waals surface area contributed by atoms with Gasteiger partial charge in [-0.15, -0.1) is 0 Å². The number of hydrogen-bond donors (Lipinski definition) is 1. The highest BCUT2D eigenvalue weighted by Gasteiger charge is 2.23. The Bertz CT molecular complexity index is 1460. The lowest BCUT2D eigenvalue weighted by molar-refractivity contribution is 0.0978. The van der Waals surface area contributed by atoms with Crippen molar-refractivity contribution in [1.29, 1.82) is 0 Å². The second-order valence-electron chi connectivity index (χ2n) is 7.23. The lowest BCUT2D eigenvalue weighted by atomic mass is 10.0. The van der Waals surface area contributed by atoms with Crippen molar-refractivity contribution in [1.82, 2.24) is 24.3 Å². The normalized spacial score (nSPS) is 11.2. The van der Waals surface area contributed by atoms with Crippen LogP contribution in [0.1, 0.15) is 22.5 Å². The molecule has 0 aliphatic heterocycles. The van der Waals surface area contributed by atoms with E-state index in [-0.39, 0.29) is 41.5 Å². The fourth-order valence-electron chi connectivity index (χ4n) is 3.53. The van der Waals surface area contributed by atoms with Crippen LogP contribution >= 0.6 is 0 Å². The second kappa shape index (κ2) is 8.23. The Balaban J connectivity index is 1.55. The molecule has 0 bridgehead atoms. The summed E-state index contributed by atoms with van der Waals surface area (Å²) in [5.41, 5.74) is 7.71. The maximum atomic E-state index is 14.0. The van der Waals surface area contributed by atoms with Gasteiger partial charge in [0.1, 0.15) is 34.9 Å². The van der Waals surface area contributed by atoms with Gasteiger partial charge in [0, 0.05) is 36.1 Å². The van der Waals surface area contributed by atoms with Crippen LogP contribution in [0.4, 0.5) is 14.6 Å². The van der Waals surface area contributed by atoms with Gasteiger partial charge in [0.2, 0.25) is 5.89 Å². The number of anilines is 1. The van der Waals surface area contributed by atoms with Crippen LogP contribution in [0.15, 0.2) is 65.8 Å². The summed E-state index contributed by atoms with van der Waals surface area (Å²) in [4.78, 5) is 30.1. The van der Waals surface area contributed by atoms with Crippen molar-refractivity contribution >= 4 is 17.2 Å². The number of aromatic nitrogens is 5. The Morgan fingerprint density at radius 1 is 1.03 bits per heavy atom. The lowest BCUT2D eigenvalue weighted by Gasteiger charge is -2.11. The van der Waals surface area contributed by atoms with Gasteiger partial charge in [-0.1, -0.05) is 6.07 Å². The summed E-state index contributed by atoms with van der Waals surface area (Å²) >= 11 is 0. The van der Waals surface area contributed by atoms with Crippen LogP contribution in [0.5, 0.6) is 0 Å². The average Bonchev–Trinajstić information content (AvgIpc) is 3.50. The molecule has 0 saturated heterocycles. The quantitative estimate of drug-likeness (QED) is 0.390. The van der Waals surface area contributed by atoms with Gasteiger partial charge < -0.3 is 14.6 Å². The minimum atomic E-state index is -0.713. The van der Waals surface area contributed by atoms with Crippen molar-refractivity contribution in [2.45, 2.75) is 12.8 Å². The van der Waals surface area contributed by atoms with Gasteiger partial charge in [0.25, 0.3) is 0 Å². The summed E-state index contributed by atoms with van der Waals surface area (Å²) in [6.45, 7) is 0. The van der Waals surface area contributed by atoms with Crippen LogP contribution in [0, 0.1) is 11.6 Å². The minimum absolute atomic E-state index is 0.0946. The Labute approximate surface area is 185 Å². The first-order chi connectivity index (χ1) is 16.0. The summed E-state index contributed by atoms with van der Waals surface area (Å²) < 4.78 is 35.1. The number of carbonyl (C=O) groups is 1. The third-order valence-electron chi connectivity index (χ3n) is 5.15. The Kier molecular flexibility index (Phi) is 5.09. The first kappa shape index (κ1) is 20.4. The van der Waals surface area contributed by atoms with Crippen LogP contribution < -0.4 is 5.73 Å². The SMILES string of the molecule is Nc1nc(-c2ncco2)c(-c2ccc3nccn3c2)nc1C(=O)CCc1c(F)cccc1F. The van der Waals surface area contributed by atoms with Crippen LogP contribution in [-0.2, 0) is 6.42 Å². The molecule has 2 N–H and O–H groups in total. The van der Waals surface area contributed by atoms with E-state index in [1.54, 1.807) is 35.1 Å². The molecule has 164 valence electrons. The van der Waals surface area contributed by atoms with Crippen LogP contribution in [0.25, 0.3) is 28.5 Å². The number of Topliss-reactive ketones (excluding diaryl/α,β-unsaturated/α-hetero) is 1. The van der Waals surface area contributed by atoms with E-state index in [0.29, 0.717) is 11.3 Å². The fraction of sp³-hybridized carbons (Fsp3) is 0.0870. The fourth-order valence-corrected chi connectivity index (χ4v) is 3.53. The molecule has 0 aliphatic carbocycles. The van der Waals surface area contributed by atoms with Gasteiger partial charge in [0.05, 0.1) is 6.20 Å². The molecule has 0 radical (unpaired) electrons. The first-order valence-electron chi connectivity index (χ1n) is 9.98. The number of halogens is 2. The van der Waals surface area contributed by atoms with E-state index in [1.165, 1.54) is 18.5 Å². The highest BCUT2D eigenvalue weighted by atomic mass is 19.1. The lowest BCUT2D eigenvalue weighted by Crippen LogP contribution is -2.12. The molecule has 0 atom stereocenters. The molecule has 0 saturated carbocycles. The predicted octanol–water partition coefficient (Wildman–Crippen LogP) is 4.12. The number of nitrogens with two attached hydrogens (primary N) is 1. The zero-order chi connectivity index (χ0) is 22.9. The molecule has 10 heteroatoms. The highest BCUT2D eigenvalue weighted by molar-refractivity contribution is 5.99. The molecular formula is C23H16F2N6O2. The van der Waals surface area contributed by atoms with Gasteiger partial charge >= 0.3 is 0 Å². The zero-order valence-electron chi connectivity index (χ0n) is 17.1. The number of ketones is 1. The van der Waals surface area contributed by atoms with Crippen molar-refractivity contribution in [2.75, 3.05) is 5.73 Å². The summed E-state index contributed by atoms with van der Waals surface area (Å²) in [7, 11) is 0. The average molecular weight is 446 g/mol. The Morgan fingerprint density at radius 3 is 2.61 bits per heavy atom. The van der Waals surface area contributed by atoms with Crippen LogP contribution in [0.2, 0.25) is 0 Å². The molecule has 5 rings (SSSR count). The number of rotatable bonds is 6. The minimum Gasteiger partial charge on any atom is -0.443 e. The molecule has 0 amide bonds. The number of hydrogen-bond acceptors (Lipinski definition) is 7. The summed E-state index contributed by atoms with van der Waals surface area (Å²) in [5.74, 6) is -1.87. The van der Waals surface area contributed by atoms with E-state index in [4.69, 9.17) is 10.2 Å². The third kappa shape index (κ3) is 3.82. The third-order valence-corrected chi connectivity index (χ3v) is 5.15. The van der Waals surface area contributed by atoms with Gasteiger partial charge in [-0.3, -0.25) is 4.79 Å². The Hall–Kier alpha value is -4.47. The molecule has 4 heterocycles. The van der Waals surface area contributed by atoms with Crippen molar-refractivity contribution in [3.8, 4) is 22.8 Å². The van der Waals surface area contributed by atoms with Crippen molar-refractivity contribution in [3.05, 3.63) is 84.3 Å². The number of fused-ring (bicyclic) bond motifs is 1. The molecule has 8 nitrogen and oxygen atoms in total. The van der Waals surface area contributed by atoms with Gasteiger partial charge in [-0.2, -0.15) is 0 Å². The molecule has 0 fully saturated rings. The van der Waals surface area contributed by atoms with E-state index in [9.17, 15) is 13.6 Å². The van der Waals surface area contributed by atoms with Crippen molar-refractivity contribution in [3.63, 3.8) is 0 Å². The molecule has 33 heavy (non-hydrogen) atoms. The predicted molar refractivity (Wildman–Crippen MR) is 115 cm³/mol. The second-order valence-corrected chi connectivity index (χ2v) is 7.23. The summed E-state index contributed by atoms with van der Waals surface area (Å²) in [6, 6.07) is 7.12. The molecule has 0 spiro atoms. The monoisotopic (exact) mass is 446 g/mol. The standard InChI is InChI=1S/C23H16F2N6O2/c24-15-2-1-3-16(25)14(15)5-6-17(32)20-22(26)30-21(23-28-9-11-33-23)19(29-20)13-4-7-18-27-8-10-31(18)12-13/h1-4,7-12H,5-6H2,(H2,26,30). The van der Waals surface area contributed by atoms with Crippen molar-refractivity contribution < 1.29 is 18.0 Å². The zero-order valence-corrected chi connectivity index (χ0v) is 17.1. The van der Waals surface area contributed by atoms with E-state index in [2.05, 4.69) is 19.9 Å². The van der Waals surface area contributed by atoms with Gasteiger partial charge in [-0.25, -0.2) is 28.7 Å². The van der Waals surface area contributed by atoms with E-state index in [1.807, 2.05) is 0 Å². The highest BCUT2D eigenvalue weighted by Crippen LogP contribution is 2.30. The Morgan fingerprint density at radius 2 is 1.85 bits per heavy atom.